The first-order valence-electron chi connectivity index (χ1n) is 7.22. The molecule has 1 aromatic carbocycles. The molecule has 4 heteroatoms. The van der Waals surface area contributed by atoms with Crippen LogP contribution in [0.1, 0.15) is 48.7 Å². The summed E-state index contributed by atoms with van der Waals surface area (Å²) in [6.07, 6.45) is 0.648. The van der Waals surface area contributed by atoms with Crippen LogP contribution < -0.4 is 10.1 Å². The zero-order valence-corrected chi connectivity index (χ0v) is 13.7. The van der Waals surface area contributed by atoms with E-state index in [4.69, 9.17) is 4.74 Å². The van der Waals surface area contributed by atoms with Gasteiger partial charge in [-0.1, -0.05) is 13.8 Å². The fourth-order valence-corrected chi connectivity index (χ4v) is 2.44. The van der Waals surface area contributed by atoms with Gasteiger partial charge in [0.2, 0.25) is 0 Å². The first-order chi connectivity index (χ1) is 9.76. The van der Waals surface area contributed by atoms with E-state index in [0.29, 0.717) is 17.9 Å². The van der Waals surface area contributed by atoms with E-state index in [1.165, 1.54) is 6.92 Å². The molecule has 0 saturated heterocycles. The third-order valence-corrected chi connectivity index (χ3v) is 3.43. The van der Waals surface area contributed by atoms with Crippen LogP contribution in [0.2, 0.25) is 0 Å². The summed E-state index contributed by atoms with van der Waals surface area (Å²) in [5.41, 5.74) is 2.37. The van der Waals surface area contributed by atoms with Gasteiger partial charge in [0.25, 0.3) is 5.91 Å². The predicted octanol–water partition coefficient (Wildman–Crippen LogP) is 3.05. The van der Waals surface area contributed by atoms with Gasteiger partial charge in [-0.05, 0) is 56.4 Å². The minimum absolute atomic E-state index is 0.0148. The van der Waals surface area contributed by atoms with Crippen molar-refractivity contribution in [2.75, 3.05) is 7.11 Å². The van der Waals surface area contributed by atoms with E-state index in [0.717, 1.165) is 16.9 Å². The molecule has 21 heavy (non-hydrogen) atoms. The molecule has 0 fully saturated rings. The first kappa shape index (κ1) is 17.2. The second-order valence-electron chi connectivity index (χ2n) is 5.91. The standard InChI is InChI=1S/C17H25NO3/c1-10(2)7-15(13(5)19)18-17(20)14-8-11(3)16(21-6)12(4)9-14/h8-10,15H,7H2,1-6H3,(H,18,20)/t15-/m1/s1. The SMILES string of the molecule is COc1c(C)cc(C(=O)N[C@H](CC(C)C)C(C)=O)cc1C. The van der Waals surface area contributed by atoms with E-state index in [2.05, 4.69) is 5.32 Å². The summed E-state index contributed by atoms with van der Waals surface area (Å²) in [6.45, 7) is 9.38. The molecule has 0 bridgehead atoms. The third kappa shape index (κ3) is 4.59. The topological polar surface area (TPSA) is 55.4 Å². The van der Waals surface area contributed by atoms with E-state index >= 15 is 0 Å². The zero-order valence-electron chi connectivity index (χ0n) is 13.7. The lowest BCUT2D eigenvalue weighted by molar-refractivity contribution is -0.119. The smallest absolute Gasteiger partial charge is 0.251 e. The van der Waals surface area contributed by atoms with Crippen LogP contribution in [-0.4, -0.2) is 24.8 Å². The van der Waals surface area contributed by atoms with Crippen LogP contribution in [-0.2, 0) is 4.79 Å². The molecule has 0 aliphatic rings. The molecule has 4 nitrogen and oxygen atoms in total. The van der Waals surface area contributed by atoms with Crippen molar-refractivity contribution in [3.8, 4) is 5.75 Å². The number of amides is 1. The molecule has 0 saturated carbocycles. The molecule has 116 valence electrons. The average molecular weight is 291 g/mol. The van der Waals surface area contributed by atoms with Crippen molar-refractivity contribution in [2.45, 2.75) is 47.1 Å². The number of Topliss-reactive ketones (excluding diaryl/α,β-unsaturated/α-hetero) is 1. The minimum atomic E-state index is -0.430. The Hall–Kier alpha value is -1.84. The lowest BCUT2D eigenvalue weighted by atomic mass is 10.00. The molecule has 1 atom stereocenters. The Kier molecular flexibility index (Phi) is 5.94. The second-order valence-corrected chi connectivity index (χ2v) is 5.91. The summed E-state index contributed by atoms with van der Waals surface area (Å²) in [5.74, 6) is 0.902. The maximum atomic E-state index is 12.3. The van der Waals surface area contributed by atoms with Crippen molar-refractivity contribution in [3.05, 3.63) is 28.8 Å². The van der Waals surface area contributed by atoms with Crippen molar-refractivity contribution in [1.29, 1.82) is 0 Å². The molecule has 0 heterocycles. The summed E-state index contributed by atoms with van der Waals surface area (Å²) in [6, 6.07) is 3.14. The van der Waals surface area contributed by atoms with Crippen LogP contribution in [0, 0.1) is 19.8 Å². The third-order valence-electron chi connectivity index (χ3n) is 3.43. The van der Waals surface area contributed by atoms with Crippen LogP contribution in [0.5, 0.6) is 5.75 Å². The van der Waals surface area contributed by atoms with Crippen LogP contribution in [0.25, 0.3) is 0 Å². The van der Waals surface area contributed by atoms with Gasteiger partial charge in [0.05, 0.1) is 13.2 Å². The highest BCUT2D eigenvalue weighted by atomic mass is 16.5. The van der Waals surface area contributed by atoms with Gasteiger partial charge >= 0.3 is 0 Å². The van der Waals surface area contributed by atoms with Gasteiger partial charge in [-0.2, -0.15) is 0 Å². The van der Waals surface area contributed by atoms with Gasteiger partial charge in [-0.3, -0.25) is 9.59 Å². The Labute approximate surface area is 126 Å². The minimum Gasteiger partial charge on any atom is -0.496 e. The number of hydrogen-bond acceptors (Lipinski definition) is 3. The Morgan fingerprint density at radius 2 is 1.71 bits per heavy atom. The summed E-state index contributed by atoms with van der Waals surface area (Å²) in [4.78, 5) is 24.0. The van der Waals surface area contributed by atoms with Crippen molar-refractivity contribution in [1.82, 2.24) is 5.32 Å². The van der Waals surface area contributed by atoms with Crippen molar-refractivity contribution in [3.63, 3.8) is 0 Å². The van der Waals surface area contributed by atoms with Gasteiger partial charge in [0, 0.05) is 5.56 Å². The van der Waals surface area contributed by atoms with Crippen LogP contribution >= 0.6 is 0 Å². The molecule has 0 aliphatic heterocycles. The highest BCUT2D eigenvalue weighted by Crippen LogP contribution is 2.24. The van der Waals surface area contributed by atoms with E-state index in [1.54, 1.807) is 19.2 Å². The number of hydrogen-bond donors (Lipinski definition) is 1. The molecular weight excluding hydrogens is 266 g/mol. The number of nitrogens with one attached hydrogen (secondary N) is 1. The van der Waals surface area contributed by atoms with Crippen molar-refractivity contribution < 1.29 is 14.3 Å². The van der Waals surface area contributed by atoms with Crippen LogP contribution in [0.15, 0.2) is 12.1 Å². The highest BCUT2D eigenvalue weighted by molar-refractivity contribution is 5.98. The van der Waals surface area contributed by atoms with Gasteiger partial charge in [0.1, 0.15) is 5.75 Å². The quantitative estimate of drug-likeness (QED) is 0.876. The Morgan fingerprint density at radius 1 is 1.19 bits per heavy atom. The van der Waals surface area contributed by atoms with E-state index in [1.807, 2.05) is 27.7 Å². The summed E-state index contributed by atoms with van der Waals surface area (Å²) < 4.78 is 5.30. The normalized spacial score (nSPS) is 12.1. The molecule has 0 radical (unpaired) electrons. The maximum absolute atomic E-state index is 12.3. The van der Waals surface area contributed by atoms with Crippen molar-refractivity contribution in [2.24, 2.45) is 5.92 Å². The number of ether oxygens (including phenoxy) is 1. The average Bonchev–Trinajstić information content (AvgIpc) is 2.36. The molecule has 0 unspecified atom stereocenters. The summed E-state index contributed by atoms with van der Waals surface area (Å²) >= 11 is 0. The first-order valence-corrected chi connectivity index (χ1v) is 7.22. The van der Waals surface area contributed by atoms with Gasteiger partial charge in [-0.25, -0.2) is 0 Å². The zero-order chi connectivity index (χ0) is 16.2. The molecule has 1 aromatic rings. The van der Waals surface area contributed by atoms with Crippen molar-refractivity contribution >= 4 is 11.7 Å². The summed E-state index contributed by atoms with van der Waals surface area (Å²) in [5, 5.41) is 2.83. The molecule has 1 rings (SSSR count). The van der Waals surface area contributed by atoms with Gasteiger partial charge < -0.3 is 10.1 Å². The molecule has 0 aliphatic carbocycles. The number of benzene rings is 1. The number of aryl methyl sites for hydroxylation is 2. The monoisotopic (exact) mass is 291 g/mol. The van der Waals surface area contributed by atoms with E-state index in [-0.39, 0.29) is 11.7 Å². The Bertz CT molecular complexity index is 512. The lowest BCUT2D eigenvalue weighted by Crippen LogP contribution is -2.40. The molecule has 0 spiro atoms. The van der Waals surface area contributed by atoms with Crippen LogP contribution in [0.4, 0.5) is 0 Å². The molecule has 1 amide bonds. The fraction of sp³-hybridized carbons (Fsp3) is 0.529. The highest BCUT2D eigenvalue weighted by Gasteiger charge is 2.20. The lowest BCUT2D eigenvalue weighted by Gasteiger charge is -2.18. The molecule has 1 N–H and O–H groups in total. The fourth-order valence-electron chi connectivity index (χ4n) is 2.44. The number of rotatable bonds is 6. The number of ketones is 1. The second kappa shape index (κ2) is 7.25. The molecular formula is C17H25NO3. The van der Waals surface area contributed by atoms with Gasteiger partial charge in [-0.15, -0.1) is 0 Å². The Balaban J connectivity index is 2.95. The number of carbonyl (C=O) groups excluding carboxylic acids is 2. The van der Waals surface area contributed by atoms with E-state index in [9.17, 15) is 9.59 Å². The predicted molar refractivity (Wildman–Crippen MR) is 83.9 cm³/mol. The van der Waals surface area contributed by atoms with Crippen LogP contribution in [0.3, 0.4) is 0 Å². The molecule has 0 aromatic heterocycles. The van der Waals surface area contributed by atoms with Gasteiger partial charge in [0.15, 0.2) is 5.78 Å². The maximum Gasteiger partial charge on any atom is 0.251 e. The number of methoxy groups -OCH3 is 1. The Morgan fingerprint density at radius 3 is 2.10 bits per heavy atom. The largest absolute Gasteiger partial charge is 0.496 e. The number of carbonyl (C=O) groups is 2. The summed E-state index contributed by atoms with van der Waals surface area (Å²) in [7, 11) is 1.61. The van der Waals surface area contributed by atoms with E-state index < -0.39 is 6.04 Å².